The fourth-order valence-corrected chi connectivity index (χ4v) is 7.72. The lowest BCUT2D eigenvalue weighted by molar-refractivity contribution is 0.348. The number of nitrogens with one attached hydrogen (secondary N) is 1. The molecule has 1 N–H and O–H groups in total. The summed E-state index contributed by atoms with van der Waals surface area (Å²) in [5, 5.41) is 8.67. The number of likely N-dealkylation sites (N-methyl/N-ethyl adjacent to an activating group) is 1. The molecule has 1 aliphatic carbocycles. The summed E-state index contributed by atoms with van der Waals surface area (Å²) in [6.45, 7) is 8.98. The topological polar surface area (TPSA) is 15.3 Å². The van der Waals surface area contributed by atoms with E-state index in [1.165, 1.54) is 70.6 Å². The van der Waals surface area contributed by atoms with E-state index in [4.69, 9.17) is 0 Å². The molecule has 6 rings (SSSR count). The van der Waals surface area contributed by atoms with E-state index in [1.807, 2.05) is 7.05 Å². The molecule has 1 fully saturated rings. The van der Waals surface area contributed by atoms with Crippen molar-refractivity contribution in [2.45, 2.75) is 56.8 Å². The van der Waals surface area contributed by atoms with Crippen LogP contribution >= 0.6 is 0 Å². The molecule has 2 nitrogen and oxygen atoms in total. The highest BCUT2D eigenvalue weighted by Gasteiger charge is 2.47. The molecule has 1 heterocycles. The summed E-state index contributed by atoms with van der Waals surface area (Å²) in [5.41, 5.74) is 7.71. The molecule has 228 valence electrons. The first-order valence-electron chi connectivity index (χ1n) is 16.4. The summed E-state index contributed by atoms with van der Waals surface area (Å²) in [6.07, 6.45) is 25.7. The Bertz CT molecular complexity index is 1870. The number of fused-ring (bicyclic) bond motifs is 5. The predicted molar refractivity (Wildman–Crippen MR) is 197 cm³/mol. The average molecular weight is 591 g/mol. The van der Waals surface area contributed by atoms with Crippen molar-refractivity contribution in [2.75, 3.05) is 24.3 Å². The van der Waals surface area contributed by atoms with Gasteiger partial charge in [-0.05, 0) is 69.3 Å². The molecule has 0 amide bonds. The van der Waals surface area contributed by atoms with Crippen LogP contribution in [0.1, 0.15) is 57.1 Å². The number of rotatable bonds is 8. The van der Waals surface area contributed by atoms with E-state index in [0.717, 1.165) is 11.3 Å². The smallest absolute Gasteiger partial charge is 0.0454 e. The summed E-state index contributed by atoms with van der Waals surface area (Å²) in [5.74, 6) is 0. The zero-order valence-electron chi connectivity index (χ0n) is 27.3. The normalized spacial score (nSPS) is 17.7. The molecular weight excluding hydrogens is 544 g/mol. The summed E-state index contributed by atoms with van der Waals surface area (Å²) in [7, 11) is 4.24. The zero-order valence-corrected chi connectivity index (χ0v) is 27.3. The Morgan fingerprint density at radius 3 is 2.07 bits per heavy atom. The molecule has 0 saturated heterocycles. The molecule has 1 spiro atoms. The number of allylic oxidation sites excluding steroid dienone is 11. The van der Waals surface area contributed by atoms with Gasteiger partial charge in [0, 0.05) is 42.0 Å². The van der Waals surface area contributed by atoms with Crippen LogP contribution in [0.25, 0.3) is 21.5 Å². The first-order chi connectivity index (χ1) is 21.9. The van der Waals surface area contributed by atoms with Gasteiger partial charge in [-0.1, -0.05) is 149 Å². The molecule has 2 heteroatoms. The predicted octanol–water partition coefficient (Wildman–Crippen LogP) is 11.3. The maximum atomic E-state index is 4.47. The summed E-state index contributed by atoms with van der Waals surface area (Å²) in [4.78, 5) is 2.44. The second-order valence-electron chi connectivity index (χ2n) is 13.1. The van der Waals surface area contributed by atoms with Crippen LogP contribution in [0, 0.1) is 0 Å². The quantitative estimate of drug-likeness (QED) is 0.205. The maximum absolute atomic E-state index is 4.47. The number of nitrogens with zero attached hydrogens (tertiary/aromatic N) is 1. The fourth-order valence-electron chi connectivity index (χ4n) is 7.72. The minimum Gasteiger partial charge on any atom is -0.388 e. The lowest BCUT2D eigenvalue weighted by atomic mass is 9.67. The van der Waals surface area contributed by atoms with Crippen LogP contribution in [-0.4, -0.2) is 14.1 Å². The molecule has 0 bridgehead atoms. The Morgan fingerprint density at radius 1 is 0.756 bits per heavy atom. The first-order valence-corrected chi connectivity index (χ1v) is 16.4. The van der Waals surface area contributed by atoms with Crippen LogP contribution in [0.5, 0.6) is 0 Å². The molecule has 0 atom stereocenters. The highest BCUT2D eigenvalue weighted by molar-refractivity contribution is 5.95. The second-order valence-corrected chi connectivity index (χ2v) is 13.1. The number of benzene rings is 4. The van der Waals surface area contributed by atoms with E-state index in [2.05, 4.69) is 165 Å². The number of anilines is 2. The maximum Gasteiger partial charge on any atom is 0.0454 e. The molecule has 4 aromatic rings. The molecule has 45 heavy (non-hydrogen) atoms. The van der Waals surface area contributed by atoms with Gasteiger partial charge in [0.05, 0.1) is 0 Å². The third kappa shape index (κ3) is 5.59. The molecule has 1 saturated carbocycles. The van der Waals surface area contributed by atoms with Gasteiger partial charge in [0.1, 0.15) is 0 Å². The molecular formula is C43H46N2. The van der Waals surface area contributed by atoms with Gasteiger partial charge < -0.3 is 10.2 Å². The first kappa shape index (κ1) is 30.5. The van der Waals surface area contributed by atoms with E-state index in [1.54, 1.807) is 5.56 Å². The number of hydrogen-bond donors (Lipinski definition) is 1. The molecule has 0 aromatic heterocycles. The van der Waals surface area contributed by atoms with Gasteiger partial charge in [-0.3, -0.25) is 0 Å². The van der Waals surface area contributed by atoms with E-state index in [9.17, 15) is 0 Å². The van der Waals surface area contributed by atoms with Crippen molar-refractivity contribution >= 4 is 32.9 Å². The monoisotopic (exact) mass is 590 g/mol. The van der Waals surface area contributed by atoms with Gasteiger partial charge >= 0.3 is 0 Å². The van der Waals surface area contributed by atoms with E-state index < -0.39 is 0 Å². The Labute approximate surface area is 269 Å². The lowest BCUT2D eigenvalue weighted by Crippen LogP contribution is -2.32. The van der Waals surface area contributed by atoms with Crippen LogP contribution in [0.4, 0.5) is 11.4 Å². The van der Waals surface area contributed by atoms with Gasteiger partial charge in [0.2, 0.25) is 0 Å². The highest BCUT2D eigenvalue weighted by atomic mass is 15.2. The Morgan fingerprint density at radius 2 is 1.36 bits per heavy atom. The minimum absolute atomic E-state index is 0.109. The Hall–Kier alpha value is -4.56. The SMILES string of the molecule is C=C(/C=C/C=C/C=C/C=C/C=C1/N(C)c2ccc3ccccc3c2C12CCCCC2)C(C)(C)c1c(NC)ccc2ccccc12. The third-order valence-corrected chi connectivity index (χ3v) is 10.2. The summed E-state index contributed by atoms with van der Waals surface area (Å²) < 4.78 is 0. The van der Waals surface area contributed by atoms with E-state index in [-0.39, 0.29) is 10.8 Å². The molecule has 4 aromatic carbocycles. The van der Waals surface area contributed by atoms with Crippen molar-refractivity contribution in [1.29, 1.82) is 0 Å². The van der Waals surface area contributed by atoms with Gasteiger partial charge in [0.15, 0.2) is 0 Å². The summed E-state index contributed by atoms with van der Waals surface area (Å²) in [6, 6.07) is 26.5. The Kier molecular flexibility index (Phi) is 8.67. The number of hydrogen-bond acceptors (Lipinski definition) is 2. The fraction of sp³-hybridized carbons (Fsp3) is 0.256. The van der Waals surface area contributed by atoms with Gasteiger partial charge in [-0.15, -0.1) is 0 Å². The van der Waals surface area contributed by atoms with Gasteiger partial charge in [-0.2, -0.15) is 0 Å². The lowest BCUT2D eigenvalue weighted by Gasteiger charge is -2.36. The molecule has 0 unspecified atom stereocenters. The molecule has 0 radical (unpaired) electrons. The van der Waals surface area contributed by atoms with Gasteiger partial charge in [0.25, 0.3) is 0 Å². The molecule has 1 aliphatic heterocycles. The van der Waals surface area contributed by atoms with E-state index in [0.29, 0.717) is 0 Å². The van der Waals surface area contributed by atoms with E-state index >= 15 is 0 Å². The van der Waals surface area contributed by atoms with Crippen LogP contribution in [0.3, 0.4) is 0 Å². The summed E-state index contributed by atoms with van der Waals surface area (Å²) >= 11 is 0. The van der Waals surface area contributed by atoms with Crippen molar-refractivity contribution in [2.24, 2.45) is 0 Å². The third-order valence-electron chi connectivity index (χ3n) is 10.2. The van der Waals surface area contributed by atoms with Crippen LogP contribution in [-0.2, 0) is 10.8 Å². The van der Waals surface area contributed by atoms with Crippen molar-refractivity contribution in [1.82, 2.24) is 0 Å². The van der Waals surface area contributed by atoms with Crippen molar-refractivity contribution in [3.63, 3.8) is 0 Å². The average Bonchev–Trinajstić information content (AvgIpc) is 3.29. The second kappa shape index (κ2) is 12.8. The largest absolute Gasteiger partial charge is 0.388 e. The standard InChI is InChI=1S/C43H46N2/c1-32(42(2,3)40-35-23-16-14-21-33(35)26-28-37(40)44-4)20-12-9-7-6-8-10-13-25-39-43(30-18-11-19-31-43)41-36-24-17-15-22-34(36)27-29-38(41)45(39)5/h6-10,12-17,20-29,44H,1,11,18-19,30-31H2,2-5H3/b8-6+,9-7+,13-10+,20-12+,39-25+. The van der Waals surface area contributed by atoms with Crippen LogP contribution in [0.2, 0.25) is 0 Å². The van der Waals surface area contributed by atoms with Crippen LogP contribution in [0.15, 0.2) is 145 Å². The van der Waals surface area contributed by atoms with Crippen LogP contribution < -0.4 is 10.2 Å². The highest BCUT2D eigenvalue weighted by Crippen LogP contribution is 2.56. The zero-order chi connectivity index (χ0) is 31.4. The van der Waals surface area contributed by atoms with Gasteiger partial charge in [-0.25, -0.2) is 0 Å². The minimum atomic E-state index is -0.231. The van der Waals surface area contributed by atoms with Crippen molar-refractivity contribution in [3.8, 4) is 0 Å². The Balaban J connectivity index is 1.15. The molecule has 2 aliphatic rings. The van der Waals surface area contributed by atoms with Crippen molar-refractivity contribution in [3.05, 3.63) is 156 Å². The van der Waals surface area contributed by atoms with Crippen molar-refractivity contribution < 1.29 is 0 Å².